The van der Waals surface area contributed by atoms with Gasteiger partial charge in [0.1, 0.15) is 11.4 Å². The van der Waals surface area contributed by atoms with Crippen molar-refractivity contribution in [2.75, 3.05) is 5.32 Å². The largest absolute Gasteiger partial charge is 0.478 e. The predicted molar refractivity (Wildman–Crippen MR) is 61.4 cm³/mol. The summed E-state index contributed by atoms with van der Waals surface area (Å²) in [5.41, 5.74) is 0.0654. The molecule has 1 aromatic carbocycles. The number of anilines is 1. The van der Waals surface area contributed by atoms with Crippen molar-refractivity contribution in [3.63, 3.8) is 0 Å². The van der Waals surface area contributed by atoms with Crippen LogP contribution in [0.1, 0.15) is 37.0 Å². The second kappa shape index (κ2) is 5.49. The Morgan fingerprint density at radius 2 is 2.06 bits per heavy atom. The first kappa shape index (κ1) is 12.5. The number of carboxylic acid groups (broad SMARTS) is 1. The molecule has 16 heavy (non-hydrogen) atoms. The number of benzene rings is 1. The molecule has 0 atom stereocenters. The minimum atomic E-state index is -1.24. The average molecular weight is 225 g/mol. The Bertz CT molecular complexity index is 375. The van der Waals surface area contributed by atoms with E-state index in [-0.39, 0.29) is 11.6 Å². The first-order chi connectivity index (χ1) is 7.60. The maximum Gasteiger partial charge on any atom is 0.340 e. The number of halogens is 1. The van der Waals surface area contributed by atoms with Gasteiger partial charge in [0, 0.05) is 6.04 Å². The smallest absolute Gasteiger partial charge is 0.340 e. The SMILES string of the molecule is CCC(CC)Nc1cccc(F)c1C(=O)O. The highest BCUT2D eigenvalue weighted by atomic mass is 19.1. The third-order valence-corrected chi connectivity index (χ3v) is 2.57. The molecule has 0 aromatic heterocycles. The third kappa shape index (κ3) is 2.72. The van der Waals surface area contributed by atoms with Crippen molar-refractivity contribution in [3.8, 4) is 0 Å². The van der Waals surface area contributed by atoms with Crippen molar-refractivity contribution in [2.24, 2.45) is 0 Å². The molecule has 88 valence electrons. The third-order valence-electron chi connectivity index (χ3n) is 2.57. The van der Waals surface area contributed by atoms with Crippen molar-refractivity contribution in [1.29, 1.82) is 0 Å². The maximum atomic E-state index is 13.3. The summed E-state index contributed by atoms with van der Waals surface area (Å²) in [6.45, 7) is 4.00. The van der Waals surface area contributed by atoms with E-state index < -0.39 is 11.8 Å². The van der Waals surface area contributed by atoms with Crippen LogP contribution in [0.3, 0.4) is 0 Å². The fourth-order valence-electron chi connectivity index (χ4n) is 1.57. The standard InChI is InChI=1S/C12H16FNO2/c1-3-8(4-2)14-10-7-5-6-9(13)11(10)12(15)16/h5-8,14H,3-4H2,1-2H3,(H,15,16). The molecule has 0 saturated heterocycles. The van der Waals surface area contributed by atoms with Gasteiger partial charge in [-0.3, -0.25) is 0 Å². The van der Waals surface area contributed by atoms with Crippen molar-refractivity contribution in [1.82, 2.24) is 0 Å². The van der Waals surface area contributed by atoms with Crippen LogP contribution < -0.4 is 5.32 Å². The van der Waals surface area contributed by atoms with E-state index in [4.69, 9.17) is 5.11 Å². The summed E-state index contributed by atoms with van der Waals surface area (Å²) >= 11 is 0. The Labute approximate surface area is 94.3 Å². The lowest BCUT2D eigenvalue weighted by Gasteiger charge is -2.17. The van der Waals surface area contributed by atoms with Gasteiger partial charge in [-0.1, -0.05) is 19.9 Å². The zero-order valence-corrected chi connectivity index (χ0v) is 9.46. The first-order valence-electron chi connectivity index (χ1n) is 5.38. The van der Waals surface area contributed by atoms with Crippen LogP contribution in [0.4, 0.5) is 10.1 Å². The molecule has 0 fully saturated rings. The van der Waals surface area contributed by atoms with Gasteiger partial charge in [-0.15, -0.1) is 0 Å². The maximum absolute atomic E-state index is 13.3. The predicted octanol–water partition coefficient (Wildman–Crippen LogP) is 3.12. The number of carboxylic acids is 1. The summed E-state index contributed by atoms with van der Waals surface area (Å²) in [6.07, 6.45) is 1.73. The van der Waals surface area contributed by atoms with Gasteiger partial charge in [-0.05, 0) is 25.0 Å². The highest BCUT2D eigenvalue weighted by Crippen LogP contribution is 2.20. The Morgan fingerprint density at radius 3 is 2.56 bits per heavy atom. The normalized spacial score (nSPS) is 10.5. The molecule has 3 nitrogen and oxygen atoms in total. The summed E-state index contributed by atoms with van der Waals surface area (Å²) in [4.78, 5) is 10.9. The molecule has 4 heteroatoms. The Balaban J connectivity index is 3.03. The molecule has 0 heterocycles. The highest BCUT2D eigenvalue weighted by molar-refractivity contribution is 5.94. The van der Waals surface area contributed by atoms with Crippen molar-refractivity contribution >= 4 is 11.7 Å². The lowest BCUT2D eigenvalue weighted by molar-refractivity contribution is 0.0693. The minimum absolute atomic E-state index is 0.167. The van der Waals surface area contributed by atoms with Gasteiger partial charge in [0.25, 0.3) is 0 Å². The van der Waals surface area contributed by atoms with Crippen LogP contribution in [-0.4, -0.2) is 17.1 Å². The average Bonchev–Trinajstić information content (AvgIpc) is 2.25. The topological polar surface area (TPSA) is 49.3 Å². The summed E-state index contributed by atoms with van der Waals surface area (Å²) < 4.78 is 13.3. The van der Waals surface area contributed by atoms with Crippen LogP contribution in [0, 0.1) is 5.82 Å². The van der Waals surface area contributed by atoms with Gasteiger partial charge < -0.3 is 10.4 Å². The molecule has 0 aliphatic heterocycles. The van der Waals surface area contributed by atoms with E-state index in [9.17, 15) is 9.18 Å². The summed E-state index contributed by atoms with van der Waals surface area (Å²) in [5, 5.41) is 12.0. The van der Waals surface area contributed by atoms with E-state index in [1.54, 1.807) is 6.07 Å². The summed E-state index contributed by atoms with van der Waals surface area (Å²) in [7, 11) is 0. The molecule has 0 aliphatic rings. The van der Waals surface area contributed by atoms with Crippen LogP contribution in [0.5, 0.6) is 0 Å². The van der Waals surface area contributed by atoms with Crippen LogP contribution >= 0.6 is 0 Å². The van der Waals surface area contributed by atoms with Crippen LogP contribution in [0.25, 0.3) is 0 Å². The molecule has 1 rings (SSSR count). The van der Waals surface area contributed by atoms with Crippen molar-refractivity contribution in [3.05, 3.63) is 29.6 Å². The first-order valence-corrected chi connectivity index (χ1v) is 5.38. The molecule has 0 amide bonds. The van der Waals surface area contributed by atoms with Gasteiger partial charge in [-0.25, -0.2) is 9.18 Å². The van der Waals surface area contributed by atoms with Gasteiger partial charge in [0.15, 0.2) is 0 Å². The van der Waals surface area contributed by atoms with Gasteiger partial charge in [0.05, 0.1) is 5.69 Å². The zero-order valence-electron chi connectivity index (χ0n) is 9.46. The molecule has 0 aliphatic carbocycles. The number of nitrogens with one attached hydrogen (secondary N) is 1. The second-order valence-corrected chi connectivity index (χ2v) is 3.63. The monoisotopic (exact) mass is 225 g/mol. The Hall–Kier alpha value is -1.58. The van der Waals surface area contributed by atoms with Crippen LogP contribution in [-0.2, 0) is 0 Å². The highest BCUT2D eigenvalue weighted by Gasteiger charge is 2.16. The molecule has 0 saturated carbocycles. The number of carbonyl (C=O) groups is 1. The Kier molecular flexibility index (Phi) is 4.28. The van der Waals surface area contributed by atoms with E-state index in [1.165, 1.54) is 6.07 Å². The number of hydrogen-bond acceptors (Lipinski definition) is 2. The lowest BCUT2D eigenvalue weighted by atomic mass is 10.1. The Morgan fingerprint density at radius 1 is 1.44 bits per heavy atom. The van der Waals surface area contributed by atoms with E-state index >= 15 is 0 Å². The fraction of sp³-hybridized carbons (Fsp3) is 0.417. The number of rotatable bonds is 5. The van der Waals surface area contributed by atoms with Crippen molar-refractivity contribution < 1.29 is 14.3 Å². The summed E-state index contributed by atoms with van der Waals surface area (Å²) in [5.74, 6) is -1.95. The van der Waals surface area contributed by atoms with E-state index in [0.29, 0.717) is 5.69 Å². The molecule has 1 aromatic rings. The molecule has 0 bridgehead atoms. The summed E-state index contributed by atoms with van der Waals surface area (Å²) in [6, 6.07) is 4.42. The van der Waals surface area contributed by atoms with Gasteiger partial charge in [0.2, 0.25) is 0 Å². The van der Waals surface area contributed by atoms with Crippen LogP contribution in [0.2, 0.25) is 0 Å². The molecular weight excluding hydrogens is 209 g/mol. The second-order valence-electron chi connectivity index (χ2n) is 3.63. The van der Waals surface area contributed by atoms with E-state index in [2.05, 4.69) is 5.32 Å². The van der Waals surface area contributed by atoms with E-state index in [0.717, 1.165) is 18.9 Å². The molecule has 0 spiro atoms. The zero-order chi connectivity index (χ0) is 12.1. The quantitative estimate of drug-likeness (QED) is 0.809. The molecule has 0 unspecified atom stereocenters. The number of hydrogen-bond donors (Lipinski definition) is 2. The van der Waals surface area contributed by atoms with Gasteiger partial charge in [-0.2, -0.15) is 0 Å². The number of aromatic carboxylic acids is 1. The lowest BCUT2D eigenvalue weighted by Crippen LogP contribution is -2.19. The fourth-order valence-corrected chi connectivity index (χ4v) is 1.57. The van der Waals surface area contributed by atoms with E-state index in [1.807, 2.05) is 13.8 Å². The van der Waals surface area contributed by atoms with Crippen molar-refractivity contribution in [2.45, 2.75) is 32.7 Å². The molecule has 2 N–H and O–H groups in total. The van der Waals surface area contributed by atoms with Crippen LogP contribution in [0.15, 0.2) is 18.2 Å². The minimum Gasteiger partial charge on any atom is -0.478 e. The molecule has 0 radical (unpaired) electrons. The van der Waals surface area contributed by atoms with Gasteiger partial charge >= 0.3 is 5.97 Å². The molecular formula is C12H16FNO2.